The lowest BCUT2D eigenvalue weighted by Gasteiger charge is -2.13. The van der Waals surface area contributed by atoms with Crippen LogP contribution < -0.4 is 5.32 Å². The first-order valence-electron chi connectivity index (χ1n) is 9.99. The predicted molar refractivity (Wildman–Crippen MR) is 116 cm³/mol. The second-order valence-corrected chi connectivity index (χ2v) is 9.13. The summed E-state index contributed by atoms with van der Waals surface area (Å²) in [6.45, 7) is 2.66. The van der Waals surface area contributed by atoms with Crippen molar-refractivity contribution in [2.24, 2.45) is 0 Å². The molecule has 5 nitrogen and oxygen atoms in total. The van der Waals surface area contributed by atoms with E-state index in [4.69, 9.17) is 0 Å². The maximum atomic E-state index is 12.8. The number of halogens is 3. The van der Waals surface area contributed by atoms with Gasteiger partial charge in [0.05, 0.1) is 11.3 Å². The van der Waals surface area contributed by atoms with Crippen molar-refractivity contribution in [2.75, 3.05) is 11.1 Å². The average Bonchev–Trinajstić information content (AvgIpc) is 3.35. The first-order valence-corrected chi connectivity index (χ1v) is 11.9. The van der Waals surface area contributed by atoms with Crippen LogP contribution in [0.25, 0.3) is 11.4 Å². The minimum atomic E-state index is -4.45. The average molecular weight is 467 g/mol. The number of alkyl halides is 3. The van der Waals surface area contributed by atoms with Gasteiger partial charge in [0.25, 0.3) is 0 Å². The summed E-state index contributed by atoms with van der Waals surface area (Å²) in [6, 6.07) is 4.60. The van der Waals surface area contributed by atoms with Gasteiger partial charge in [0.2, 0.25) is 5.91 Å². The normalized spacial score (nSPS) is 13.8. The van der Waals surface area contributed by atoms with Crippen molar-refractivity contribution in [3.8, 4) is 11.4 Å². The molecule has 1 aliphatic carbocycles. The van der Waals surface area contributed by atoms with Gasteiger partial charge in [-0.2, -0.15) is 13.2 Å². The monoisotopic (exact) mass is 466 g/mol. The van der Waals surface area contributed by atoms with Crippen LogP contribution in [0.1, 0.15) is 35.8 Å². The summed E-state index contributed by atoms with van der Waals surface area (Å²) in [7, 11) is 0. The van der Waals surface area contributed by atoms with E-state index in [1.807, 2.05) is 11.5 Å². The van der Waals surface area contributed by atoms with Gasteiger partial charge < -0.3 is 9.88 Å². The highest BCUT2D eigenvalue weighted by Crippen LogP contribution is 2.37. The van der Waals surface area contributed by atoms with E-state index in [0.29, 0.717) is 11.7 Å². The molecule has 0 saturated carbocycles. The van der Waals surface area contributed by atoms with Crippen LogP contribution in [0.3, 0.4) is 0 Å². The minimum absolute atomic E-state index is 0.0239. The highest BCUT2D eigenvalue weighted by molar-refractivity contribution is 7.99. The lowest BCUT2D eigenvalue weighted by atomic mass is 9.96. The van der Waals surface area contributed by atoms with Crippen LogP contribution in [0.4, 0.5) is 18.9 Å². The van der Waals surface area contributed by atoms with E-state index in [9.17, 15) is 18.0 Å². The molecule has 10 heteroatoms. The summed E-state index contributed by atoms with van der Waals surface area (Å²) in [4.78, 5) is 13.7. The van der Waals surface area contributed by atoms with Crippen LogP contribution in [0.2, 0.25) is 0 Å². The van der Waals surface area contributed by atoms with Crippen LogP contribution in [-0.4, -0.2) is 26.4 Å². The number of nitrogens with one attached hydrogen (secondary N) is 1. The molecule has 1 N–H and O–H groups in total. The maximum absolute atomic E-state index is 12.8. The molecule has 1 aromatic carbocycles. The lowest BCUT2D eigenvalue weighted by Crippen LogP contribution is -2.15. The Morgan fingerprint density at radius 3 is 2.84 bits per heavy atom. The first-order chi connectivity index (χ1) is 14.9. The third-order valence-electron chi connectivity index (χ3n) is 5.14. The van der Waals surface area contributed by atoms with E-state index in [-0.39, 0.29) is 11.4 Å². The molecule has 2 aromatic heterocycles. The Morgan fingerprint density at radius 2 is 2.06 bits per heavy atom. The molecule has 2 heterocycles. The summed E-state index contributed by atoms with van der Waals surface area (Å²) in [5.41, 5.74) is 1.79. The topological polar surface area (TPSA) is 59.8 Å². The SMILES string of the molecule is CCn1c(SCC(=O)Nc2cccc(C(F)(F)F)c2)nnc1-c1csc2c1CCCC2. The van der Waals surface area contributed by atoms with Gasteiger partial charge in [0.1, 0.15) is 0 Å². The second kappa shape index (κ2) is 9.04. The molecule has 0 fully saturated rings. The molecule has 0 saturated heterocycles. The molecular weight excluding hydrogens is 445 g/mol. The number of anilines is 1. The molecule has 0 spiro atoms. The van der Waals surface area contributed by atoms with Gasteiger partial charge in [0.15, 0.2) is 11.0 Å². The fourth-order valence-electron chi connectivity index (χ4n) is 3.66. The zero-order valence-corrected chi connectivity index (χ0v) is 18.5. The number of amides is 1. The van der Waals surface area contributed by atoms with E-state index in [1.165, 1.54) is 47.2 Å². The van der Waals surface area contributed by atoms with Crippen molar-refractivity contribution < 1.29 is 18.0 Å². The summed E-state index contributed by atoms with van der Waals surface area (Å²) in [5.74, 6) is 0.433. The number of fused-ring (bicyclic) bond motifs is 1. The van der Waals surface area contributed by atoms with Crippen molar-refractivity contribution in [1.29, 1.82) is 0 Å². The number of hydrogen-bond acceptors (Lipinski definition) is 5. The maximum Gasteiger partial charge on any atom is 0.416 e. The number of thiophene rings is 1. The number of benzene rings is 1. The van der Waals surface area contributed by atoms with Crippen LogP contribution in [0, 0.1) is 0 Å². The summed E-state index contributed by atoms with van der Waals surface area (Å²) < 4.78 is 40.5. The molecular formula is C21H21F3N4OS2. The van der Waals surface area contributed by atoms with Crippen molar-refractivity contribution in [3.63, 3.8) is 0 Å². The lowest BCUT2D eigenvalue weighted by molar-refractivity contribution is -0.137. The van der Waals surface area contributed by atoms with E-state index in [0.717, 1.165) is 36.4 Å². The predicted octanol–water partition coefficient (Wildman–Crippen LogP) is 5.65. The van der Waals surface area contributed by atoms with Gasteiger partial charge in [0, 0.05) is 28.1 Å². The first kappa shape index (κ1) is 21.9. The number of hydrogen-bond donors (Lipinski definition) is 1. The molecule has 3 aromatic rings. The Labute approximate surface area is 186 Å². The molecule has 1 amide bonds. The Morgan fingerprint density at radius 1 is 1.26 bits per heavy atom. The molecule has 0 aliphatic heterocycles. The molecule has 31 heavy (non-hydrogen) atoms. The number of thioether (sulfide) groups is 1. The van der Waals surface area contributed by atoms with Crippen molar-refractivity contribution in [3.05, 3.63) is 45.6 Å². The van der Waals surface area contributed by atoms with Gasteiger partial charge in [-0.25, -0.2) is 0 Å². The zero-order chi connectivity index (χ0) is 22.0. The largest absolute Gasteiger partial charge is 0.416 e. The van der Waals surface area contributed by atoms with Gasteiger partial charge in [-0.15, -0.1) is 21.5 Å². The Hall–Kier alpha value is -2.33. The minimum Gasteiger partial charge on any atom is -0.325 e. The number of aromatic nitrogens is 3. The molecule has 1 aliphatic rings. The molecule has 164 valence electrons. The molecule has 0 radical (unpaired) electrons. The number of carbonyl (C=O) groups excluding carboxylic acids is 1. The fourth-order valence-corrected chi connectivity index (χ4v) is 5.59. The van der Waals surface area contributed by atoms with Crippen LogP contribution >= 0.6 is 23.1 Å². The molecule has 0 atom stereocenters. The fraction of sp³-hybridized carbons (Fsp3) is 0.381. The van der Waals surface area contributed by atoms with Crippen molar-refractivity contribution >= 4 is 34.7 Å². The van der Waals surface area contributed by atoms with Crippen LogP contribution in [0.15, 0.2) is 34.8 Å². The third kappa shape index (κ3) is 4.79. The number of rotatable bonds is 6. The standard InChI is InChI=1S/C21H21F3N4OS2/c1-2-28-19(16-11-30-17-9-4-3-8-15(16)17)26-27-20(28)31-12-18(29)25-14-7-5-6-13(10-14)21(22,23)24/h5-7,10-11H,2-4,8-9,12H2,1H3,(H,25,29). The Kier molecular flexibility index (Phi) is 6.38. The van der Waals surface area contributed by atoms with Crippen LogP contribution in [0.5, 0.6) is 0 Å². The van der Waals surface area contributed by atoms with Gasteiger partial charge in [-0.3, -0.25) is 4.79 Å². The molecule has 0 unspecified atom stereocenters. The molecule has 0 bridgehead atoms. The van der Waals surface area contributed by atoms with E-state index >= 15 is 0 Å². The number of carbonyl (C=O) groups is 1. The highest BCUT2D eigenvalue weighted by atomic mass is 32.2. The van der Waals surface area contributed by atoms with E-state index in [1.54, 1.807) is 11.3 Å². The summed E-state index contributed by atoms with van der Waals surface area (Å²) >= 11 is 2.99. The summed E-state index contributed by atoms with van der Waals surface area (Å²) in [6.07, 6.45) is 0.0955. The van der Waals surface area contributed by atoms with Crippen LogP contribution in [-0.2, 0) is 30.4 Å². The van der Waals surface area contributed by atoms with Gasteiger partial charge in [-0.1, -0.05) is 17.8 Å². The smallest absolute Gasteiger partial charge is 0.325 e. The van der Waals surface area contributed by atoms with Crippen molar-refractivity contribution in [2.45, 2.75) is 50.5 Å². The van der Waals surface area contributed by atoms with Gasteiger partial charge in [-0.05, 0) is 56.4 Å². The third-order valence-corrected chi connectivity index (χ3v) is 7.20. The zero-order valence-electron chi connectivity index (χ0n) is 16.8. The quantitative estimate of drug-likeness (QED) is 0.477. The van der Waals surface area contributed by atoms with E-state index < -0.39 is 17.6 Å². The highest BCUT2D eigenvalue weighted by Gasteiger charge is 2.30. The van der Waals surface area contributed by atoms with E-state index in [2.05, 4.69) is 20.9 Å². The molecule has 4 rings (SSSR count). The number of aryl methyl sites for hydroxylation is 1. The number of nitrogens with zero attached hydrogens (tertiary/aromatic N) is 3. The Balaban J connectivity index is 1.45. The van der Waals surface area contributed by atoms with Crippen molar-refractivity contribution in [1.82, 2.24) is 14.8 Å². The second-order valence-electron chi connectivity index (χ2n) is 7.22. The Bertz CT molecular complexity index is 1090. The van der Waals surface area contributed by atoms with Gasteiger partial charge >= 0.3 is 6.18 Å². The summed E-state index contributed by atoms with van der Waals surface area (Å²) in [5, 5.41) is 13.9.